The first kappa shape index (κ1) is 10.6. The maximum Gasteiger partial charge on any atom is 0.221 e. The van der Waals surface area contributed by atoms with Gasteiger partial charge in [0, 0.05) is 24.2 Å². The number of ether oxygens (including phenoxy) is 1. The van der Waals surface area contributed by atoms with Gasteiger partial charge in [0.05, 0.1) is 6.20 Å². The van der Waals surface area contributed by atoms with Crippen LogP contribution in [-0.2, 0) is 0 Å². The summed E-state index contributed by atoms with van der Waals surface area (Å²) in [5.74, 6) is 1.13. The average molecular weight is 238 g/mol. The Bertz CT molecular complexity index is 682. The van der Waals surface area contributed by atoms with Gasteiger partial charge in [-0.3, -0.25) is 9.97 Å². The SMILES string of the molecule is Cc1ccc(Oc2ccc3nccnc3n2)cn1. The number of rotatable bonds is 2. The van der Waals surface area contributed by atoms with Gasteiger partial charge in [0.15, 0.2) is 5.65 Å². The summed E-state index contributed by atoms with van der Waals surface area (Å²) < 4.78 is 5.60. The Balaban J connectivity index is 1.92. The Labute approximate surface area is 104 Å². The Morgan fingerprint density at radius 3 is 2.67 bits per heavy atom. The molecule has 3 heterocycles. The molecule has 0 amide bonds. The fourth-order valence-corrected chi connectivity index (χ4v) is 1.53. The van der Waals surface area contributed by atoms with Crippen LogP contribution in [0.15, 0.2) is 42.9 Å². The Morgan fingerprint density at radius 2 is 1.83 bits per heavy atom. The van der Waals surface area contributed by atoms with Gasteiger partial charge in [-0.25, -0.2) is 4.98 Å². The summed E-state index contributed by atoms with van der Waals surface area (Å²) >= 11 is 0. The molecule has 0 saturated carbocycles. The van der Waals surface area contributed by atoms with Gasteiger partial charge in [-0.1, -0.05) is 0 Å². The Morgan fingerprint density at radius 1 is 0.944 bits per heavy atom. The van der Waals surface area contributed by atoms with Gasteiger partial charge in [0.2, 0.25) is 5.88 Å². The fraction of sp³-hybridized carbons (Fsp3) is 0.0769. The molecule has 0 fully saturated rings. The van der Waals surface area contributed by atoms with E-state index in [1.807, 2.05) is 25.1 Å². The van der Waals surface area contributed by atoms with Crippen LogP contribution in [0.3, 0.4) is 0 Å². The first-order chi connectivity index (χ1) is 8.81. The predicted octanol–water partition coefficient (Wildman–Crippen LogP) is 2.52. The van der Waals surface area contributed by atoms with Crippen LogP contribution in [0, 0.1) is 6.92 Å². The quantitative estimate of drug-likeness (QED) is 0.686. The van der Waals surface area contributed by atoms with Crippen LogP contribution in [0.1, 0.15) is 5.69 Å². The van der Waals surface area contributed by atoms with E-state index in [0.717, 1.165) is 11.2 Å². The van der Waals surface area contributed by atoms with Crippen molar-refractivity contribution in [3.8, 4) is 11.6 Å². The lowest BCUT2D eigenvalue weighted by molar-refractivity contribution is 0.462. The predicted molar refractivity (Wildman–Crippen MR) is 66.4 cm³/mol. The molecule has 0 aliphatic heterocycles. The third kappa shape index (κ3) is 2.10. The molecule has 0 spiro atoms. The minimum absolute atomic E-state index is 0.480. The molecule has 5 nitrogen and oxygen atoms in total. The van der Waals surface area contributed by atoms with E-state index in [4.69, 9.17) is 4.74 Å². The van der Waals surface area contributed by atoms with Crippen molar-refractivity contribution in [2.24, 2.45) is 0 Å². The molecule has 3 rings (SSSR count). The first-order valence-corrected chi connectivity index (χ1v) is 5.49. The van der Waals surface area contributed by atoms with E-state index in [9.17, 15) is 0 Å². The van der Waals surface area contributed by atoms with Crippen molar-refractivity contribution in [3.05, 3.63) is 48.5 Å². The third-order valence-electron chi connectivity index (χ3n) is 2.41. The molecule has 0 aromatic carbocycles. The summed E-state index contributed by atoms with van der Waals surface area (Å²) in [5.41, 5.74) is 2.25. The lowest BCUT2D eigenvalue weighted by Crippen LogP contribution is -1.92. The average Bonchev–Trinajstić information content (AvgIpc) is 2.41. The standard InChI is InChI=1S/C13H10N4O/c1-9-2-3-10(8-16-9)18-12-5-4-11-13(17-12)15-7-6-14-11/h2-8H,1H3. The molecule has 0 aliphatic rings. The molecule has 18 heavy (non-hydrogen) atoms. The van der Waals surface area contributed by atoms with Gasteiger partial charge in [-0.2, -0.15) is 4.98 Å². The number of aromatic nitrogens is 4. The van der Waals surface area contributed by atoms with E-state index < -0.39 is 0 Å². The molecule has 0 atom stereocenters. The fourth-order valence-electron chi connectivity index (χ4n) is 1.53. The van der Waals surface area contributed by atoms with Gasteiger partial charge in [-0.05, 0) is 25.1 Å². The van der Waals surface area contributed by atoms with Crippen LogP contribution >= 0.6 is 0 Å². The molecular weight excluding hydrogens is 228 g/mol. The molecular formula is C13H10N4O. The van der Waals surface area contributed by atoms with Gasteiger partial charge in [0.1, 0.15) is 11.3 Å². The maximum atomic E-state index is 5.60. The van der Waals surface area contributed by atoms with Crippen LogP contribution in [0.5, 0.6) is 11.6 Å². The van der Waals surface area contributed by atoms with Crippen LogP contribution in [0.25, 0.3) is 11.2 Å². The van der Waals surface area contributed by atoms with Gasteiger partial charge in [0.25, 0.3) is 0 Å². The van der Waals surface area contributed by atoms with Crippen molar-refractivity contribution in [3.63, 3.8) is 0 Å². The molecule has 0 bridgehead atoms. The van der Waals surface area contributed by atoms with Crippen molar-refractivity contribution in [1.29, 1.82) is 0 Å². The molecule has 0 aliphatic carbocycles. The van der Waals surface area contributed by atoms with Crippen molar-refractivity contribution in [2.75, 3.05) is 0 Å². The zero-order valence-electron chi connectivity index (χ0n) is 9.74. The molecule has 0 N–H and O–H groups in total. The Hall–Kier alpha value is -2.56. The first-order valence-electron chi connectivity index (χ1n) is 5.49. The summed E-state index contributed by atoms with van der Waals surface area (Å²) in [6.07, 6.45) is 4.90. The van der Waals surface area contributed by atoms with Crippen molar-refractivity contribution >= 4 is 11.2 Å². The highest BCUT2D eigenvalue weighted by atomic mass is 16.5. The number of pyridine rings is 2. The highest BCUT2D eigenvalue weighted by molar-refractivity contribution is 5.69. The van der Waals surface area contributed by atoms with E-state index in [1.54, 1.807) is 24.7 Å². The lowest BCUT2D eigenvalue weighted by Gasteiger charge is -2.04. The smallest absolute Gasteiger partial charge is 0.221 e. The van der Waals surface area contributed by atoms with Crippen LogP contribution in [-0.4, -0.2) is 19.9 Å². The highest BCUT2D eigenvalue weighted by Gasteiger charge is 2.02. The molecule has 3 aromatic rings. The number of fused-ring (bicyclic) bond motifs is 1. The number of hydrogen-bond donors (Lipinski definition) is 0. The monoisotopic (exact) mass is 238 g/mol. The van der Waals surface area contributed by atoms with Gasteiger partial charge in [-0.15, -0.1) is 0 Å². The second-order valence-corrected chi connectivity index (χ2v) is 3.79. The van der Waals surface area contributed by atoms with Crippen LogP contribution < -0.4 is 4.74 Å². The molecule has 0 unspecified atom stereocenters. The number of hydrogen-bond acceptors (Lipinski definition) is 5. The normalized spacial score (nSPS) is 10.5. The topological polar surface area (TPSA) is 60.8 Å². The summed E-state index contributed by atoms with van der Waals surface area (Å²) in [6.45, 7) is 1.92. The zero-order chi connectivity index (χ0) is 12.4. The molecule has 88 valence electrons. The van der Waals surface area contributed by atoms with Crippen molar-refractivity contribution in [2.45, 2.75) is 6.92 Å². The molecule has 0 saturated heterocycles. The minimum atomic E-state index is 0.480. The largest absolute Gasteiger partial charge is 0.437 e. The molecule has 0 radical (unpaired) electrons. The van der Waals surface area contributed by atoms with Crippen LogP contribution in [0.2, 0.25) is 0 Å². The van der Waals surface area contributed by atoms with E-state index in [-0.39, 0.29) is 0 Å². The van der Waals surface area contributed by atoms with E-state index in [0.29, 0.717) is 17.3 Å². The third-order valence-corrected chi connectivity index (χ3v) is 2.41. The second-order valence-electron chi connectivity index (χ2n) is 3.79. The van der Waals surface area contributed by atoms with Gasteiger partial charge < -0.3 is 4.74 Å². The number of aryl methyl sites for hydroxylation is 1. The Kier molecular flexibility index (Phi) is 2.57. The zero-order valence-corrected chi connectivity index (χ0v) is 9.74. The molecule has 3 aromatic heterocycles. The number of nitrogens with zero attached hydrogens (tertiary/aromatic N) is 4. The van der Waals surface area contributed by atoms with E-state index >= 15 is 0 Å². The lowest BCUT2D eigenvalue weighted by atomic mass is 10.4. The van der Waals surface area contributed by atoms with Gasteiger partial charge >= 0.3 is 0 Å². The summed E-state index contributed by atoms with van der Waals surface area (Å²) in [6, 6.07) is 7.32. The van der Waals surface area contributed by atoms with Crippen molar-refractivity contribution in [1.82, 2.24) is 19.9 Å². The van der Waals surface area contributed by atoms with E-state index in [1.165, 1.54) is 0 Å². The van der Waals surface area contributed by atoms with E-state index in [2.05, 4.69) is 19.9 Å². The minimum Gasteiger partial charge on any atom is -0.437 e. The van der Waals surface area contributed by atoms with Crippen molar-refractivity contribution < 1.29 is 4.74 Å². The highest BCUT2D eigenvalue weighted by Crippen LogP contribution is 2.19. The molecule has 5 heteroatoms. The maximum absolute atomic E-state index is 5.60. The summed E-state index contributed by atoms with van der Waals surface area (Å²) in [4.78, 5) is 16.7. The second kappa shape index (κ2) is 4.37. The van der Waals surface area contributed by atoms with Crippen LogP contribution in [0.4, 0.5) is 0 Å². The summed E-state index contributed by atoms with van der Waals surface area (Å²) in [5, 5.41) is 0. The summed E-state index contributed by atoms with van der Waals surface area (Å²) in [7, 11) is 0.